The van der Waals surface area contributed by atoms with Crippen LogP contribution in [0, 0.1) is 6.92 Å². The fraction of sp³-hybridized carbons (Fsp3) is 0.217. The minimum absolute atomic E-state index is 0.00420. The first kappa shape index (κ1) is 17.6. The summed E-state index contributed by atoms with van der Waals surface area (Å²) in [5, 5.41) is 4.86. The predicted octanol–water partition coefficient (Wildman–Crippen LogP) is 4.57. The van der Waals surface area contributed by atoms with Crippen LogP contribution in [0.3, 0.4) is 0 Å². The van der Waals surface area contributed by atoms with Gasteiger partial charge in [-0.05, 0) is 44.0 Å². The maximum Gasteiger partial charge on any atom is 0.255 e. The highest BCUT2D eigenvalue weighted by Crippen LogP contribution is 2.35. The van der Waals surface area contributed by atoms with Crippen LogP contribution >= 0.6 is 0 Å². The van der Waals surface area contributed by atoms with Gasteiger partial charge in [-0.3, -0.25) is 9.78 Å². The molecule has 1 aliphatic rings. The van der Waals surface area contributed by atoms with Gasteiger partial charge >= 0.3 is 0 Å². The molecule has 144 valence electrons. The highest BCUT2D eigenvalue weighted by molar-refractivity contribution is 6.07. The summed E-state index contributed by atoms with van der Waals surface area (Å²) < 4.78 is 5.48. The minimum atomic E-state index is -0.0833. The summed E-state index contributed by atoms with van der Waals surface area (Å²) in [6.45, 7) is 2.59. The molecular formula is C23H20N4O2. The van der Waals surface area contributed by atoms with E-state index in [1.54, 1.807) is 12.4 Å². The van der Waals surface area contributed by atoms with Gasteiger partial charge in [-0.2, -0.15) is 0 Å². The van der Waals surface area contributed by atoms with Gasteiger partial charge in [-0.1, -0.05) is 23.4 Å². The maximum absolute atomic E-state index is 13.7. The van der Waals surface area contributed by atoms with E-state index in [2.05, 4.69) is 10.1 Å². The van der Waals surface area contributed by atoms with E-state index in [1.165, 1.54) is 0 Å². The molecule has 6 heteroatoms. The molecule has 4 aromatic rings. The zero-order valence-electron chi connectivity index (χ0n) is 16.1. The third-order valence-electron chi connectivity index (χ3n) is 5.41. The Morgan fingerprint density at radius 3 is 2.76 bits per heavy atom. The van der Waals surface area contributed by atoms with Gasteiger partial charge in [-0.15, -0.1) is 0 Å². The molecule has 1 aliphatic heterocycles. The van der Waals surface area contributed by atoms with Crippen LogP contribution in [0.4, 0.5) is 0 Å². The number of nitrogens with zero attached hydrogens (tertiary/aromatic N) is 4. The molecule has 1 atom stereocenters. The Kier molecular flexibility index (Phi) is 4.31. The van der Waals surface area contributed by atoms with Crippen LogP contribution in [0.1, 0.15) is 40.7 Å². The molecule has 6 nitrogen and oxygen atoms in total. The second-order valence-corrected chi connectivity index (χ2v) is 7.34. The lowest BCUT2D eigenvalue weighted by Crippen LogP contribution is -2.30. The molecule has 4 heterocycles. The van der Waals surface area contributed by atoms with Gasteiger partial charge in [0, 0.05) is 36.0 Å². The van der Waals surface area contributed by atoms with Crippen molar-refractivity contribution in [3.05, 3.63) is 77.9 Å². The molecule has 29 heavy (non-hydrogen) atoms. The topological polar surface area (TPSA) is 72.1 Å². The van der Waals surface area contributed by atoms with Crippen molar-refractivity contribution >= 4 is 16.8 Å². The molecule has 1 aromatic carbocycles. The average molecular weight is 384 g/mol. The summed E-state index contributed by atoms with van der Waals surface area (Å²) in [5.74, 6) is 0.747. The van der Waals surface area contributed by atoms with Crippen molar-refractivity contribution in [3.8, 4) is 11.3 Å². The molecule has 0 radical (unpaired) electrons. The molecule has 3 aromatic heterocycles. The minimum Gasteiger partial charge on any atom is -0.359 e. The fourth-order valence-electron chi connectivity index (χ4n) is 4.02. The number of amides is 1. The summed E-state index contributed by atoms with van der Waals surface area (Å²) in [6.07, 6.45) is 5.28. The molecular weight excluding hydrogens is 364 g/mol. The Balaban J connectivity index is 1.61. The second-order valence-electron chi connectivity index (χ2n) is 7.34. The Morgan fingerprint density at radius 2 is 1.97 bits per heavy atom. The first-order chi connectivity index (χ1) is 14.2. The molecule has 1 fully saturated rings. The van der Waals surface area contributed by atoms with Crippen molar-refractivity contribution in [3.63, 3.8) is 0 Å². The zero-order valence-corrected chi connectivity index (χ0v) is 16.1. The summed E-state index contributed by atoms with van der Waals surface area (Å²) in [4.78, 5) is 24.4. The van der Waals surface area contributed by atoms with Gasteiger partial charge in [-0.25, -0.2) is 4.98 Å². The number of pyridine rings is 2. The van der Waals surface area contributed by atoms with Gasteiger partial charge < -0.3 is 9.42 Å². The number of para-hydroxylation sites is 1. The van der Waals surface area contributed by atoms with Gasteiger partial charge in [0.1, 0.15) is 0 Å². The van der Waals surface area contributed by atoms with Gasteiger partial charge in [0.25, 0.3) is 5.91 Å². The predicted molar refractivity (Wildman–Crippen MR) is 109 cm³/mol. The Labute approximate surface area is 168 Å². The van der Waals surface area contributed by atoms with Crippen molar-refractivity contribution in [2.24, 2.45) is 0 Å². The van der Waals surface area contributed by atoms with E-state index >= 15 is 0 Å². The van der Waals surface area contributed by atoms with Gasteiger partial charge in [0.15, 0.2) is 5.76 Å². The van der Waals surface area contributed by atoms with Gasteiger partial charge in [0.2, 0.25) is 0 Å². The van der Waals surface area contributed by atoms with Crippen LogP contribution in [-0.4, -0.2) is 32.5 Å². The van der Waals surface area contributed by atoms with Crippen LogP contribution in [0.25, 0.3) is 22.2 Å². The molecule has 0 bridgehead atoms. The van der Waals surface area contributed by atoms with Crippen molar-refractivity contribution in [2.75, 3.05) is 6.54 Å². The first-order valence-electron chi connectivity index (χ1n) is 9.75. The number of likely N-dealkylation sites (tertiary alicyclic amines) is 1. The third-order valence-corrected chi connectivity index (χ3v) is 5.41. The number of carbonyl (C=O) groups is 1. The smallest absolute Gasteiger partial charge is 0.255 e. The monoisotopic (exact) mass is 384 g/mol. The molecule has 0 spiro atoms. The lowest BCUT2D eigenvalue weighted by Gasteiger charge is -2.23. The van der Waals surface area contributed by atoms with E-state index < -0.39 is 0 Å². The maximum atomic E-state index is 13.7. The SMILES string of the molecule is Cc1cc(C2CCCN2C(=O)c2cc(-c3ccncc3)nc3ccccc23)on1. The van der Waals surface area contributed by atoms with E-state index in [0.29, 0.717) is 12.1 Å². The van der Waals surface area contributed by atoms with Crippen LogP contribution in [0.15, 0.2) is 65.4 Å². The first-order valence-corrected chi connectivity index (χ1v) is 9.75. The van der Waals surface area contributed by atoms with Crippen molar-refractivity contribution < 1.29 is 9.32 Å². The van der Waals surface area contributed by atoms with Gasteiger partial charge in [0.05, 0.1) is 28.5 Å². The van der Waals surface area contributed by atoms with E-state index in [4.69, 9.17) is 9.51 Å². The molecule has 1 unspecified atom stereocenters. The molecule has 1 saturated heterocycles. The second kappa shape index (κ2) is 7.13. The number of benzene rings is 1. The van der Waals surface area contributed by atoms with E-state index in [1.807, 2.05) is 60.4 Å². The Bertz CT molecular complexity index is 1190. The zero-order chi connectivity index (χ0) is 19.8. The molecule has 1 amide bonds. The lowest BCUT2D eigenvalue weighted by molar-refractivity contribution is 0.0716. The third kappa shape index (κ3) is 3.16. The highest BCUT2D eigenvalue weighted by Gasteiger charge is 2.34. The van der Waals surface area contributed by atoms with Crippen molar-refractivity contribution in [2.45, 2.75) is 25.8 Å². The van der Waals surface area contributed by atoms with Crippen molar-refractivity contribution in [1.82, 2.24) is 20.0 Å². The number of hydrogen-bond acceptors (Lipinski definition) is 5. The summed E-state index contributed by atoms with van der Waals surface area (Å²) in [5.41, 5.74) is 3.99. The fourth-order valence-corrected chi connectivity index (χ4v) is 4.02. The standard InChI is InChI=1S/C23H20N4O2/c1-15-13-22(29-26-15)21-7-4-12-27(21)23(28)18-14-20(16-8-10-24-11-9-16)25-19-6-3-2-5-17(18)19/h2-3,5-6,8-11,13-14,21H,4,7,12H2,1H3. The largest absolute Gasteiger partial charge is 0.359 e. The normalized spacial score (nSPS) is 16.4. The lowest BCUT2D eigenvalue weighted by atomic mass is 10.0. The number of hydrogen-bond donors (Lipinski definition) is 0. The summed E-state index contributed by atoms with van der Waals surface area (Å²) in [7, 11) is 0. The Hall–Kier alpha value is -3.54. The summed E-state index contributed by atoms with van der Waals surface area (Å²) in [6, 6.07) is 15.3. The van der Waals surface area contributed by atoms with E-state index in [0.717, 1.165) is 46.5 Å². The Morgan fingerprint density at radius 1 is 1.14 bits per heavy atom. The number of rotatable bonds is 3. The molecule has 0 N–H and O–H groups in total. The van der Waals surface area contributed by atoms with Crippen LogP contribution in [-0.2, 0) is 0 Å². The van der Waals surface area contributed by atoms with Crippen LogP contribution in [0.2, 0.25) is 0 Å². The average Bonchev–Trinajstić information content (AvgIpc) is 3.42. The van der Waals surface area contributed by atoms with Crippen molar-refractivity contribution in [1.29, 1.82) is 0 Å². The van der Waals surface area contributed by atoms with E-state index in [-0.39, 0.29) is 11.9 Å². The van der Waals surface area contributed by atoms with Crippen LogP contribution in [0.5, 0.6) is 0 Å². The van der Waals surface area contributed by atoms with Crippen LogP contribution < -0.4 is 0 Å². The van der Waals surface area contributed by atoms with E-state index in [9.17, 15) is 4.79 Å². The quantitative estimate of drug-likeness (QED) is 0.517. The highest BCUT2D eigenvalue weighted by atomic mass is 16.5. The number of carbonyl (C=O) groups excluding carboxylic acids is 1. The molecule has 0 aliphatic carbocycles. The number of aromatic nitrogens is 3. The molecule has 5 rings (SSSR count). The number of aryl methyl sites for hydroxylation is 1. The molecule has 0 saturated carbocycles. The number of fused-ring (bicyclic) bond motifs is 1. The summed E-state index contributed by atoms with van der Waals surface area (Å²) >= 11 is 0.